The number of rotatable bonds is 5. The molecule has 0 N–H and O–H groups in total. The second-order valence-corrected chi connectivity index (χ2v) is 8.32. The highest BCUT2D eigenvalue weighted by molar-refractivity contribution is 5.89. The van der Waals surface area contributed by atoms with Crippen molar-refractivity contribution in [2.75, 3.05) is 13.2 Å². The molecule has 0 bridgehead atoms. The first kappa shape index (κ1) is 24.9. The first-order chi connectivity index (χ1) is 18.2. The van der Waals surface area contributed by atoms with Gasteiger partial charge in [-0.2, -0.15) is 13.2 Å². The zero-order valence-corrected chi connectivity index (χ0v) is 19.8. The van der Waals surface area contributed by atoms with Gasteiger partial charge in [0.15, 0.2) is 11.5 Å². The molecule has 1 aliphatic heterocycles. The van der Waals surface area contributed by atoms with Gasteiger partial charge in [-0.1, -0.05) is 23.8 Å². The average Bonchev–Trinajstić information content (AvgIpc) is 2.89. The number of hydrogen-bond donors (Lipinski definition) is 0. The molecule has 0 saturated heterocycles. The number of alkyl halides is 3. The van der Waals surface area contributed by atoms with Crippen molar-refractivity contribution in [2.45, 2.75) is 13.1 Å². The maximum atomic E-state index is 13.8. The van der Waals surface area contributed by atoms with Gasteiger partial charge < -0.3 is 23.4 Å². The van der Waals surface area contributed by atoms with E-state index in [1.807, 2.05) is 0 Å². The molecular weight excluding hydrogens is 505 g/mol. The van der Waals surface area contributed by atoms with Crippen LogP contribution in [0.25, 0.3) is 17.0 Å². The van der Waals surface area contributed by atoms with Crippen molar-refractivity contribution in [3.8, 4) is 28.7 Å². The van der Waals surface area contributed by atoms with Crippen LogP contribution in [0.15, 0.2) is 76.0 Å². The summed E-state index contributed by atoms with van der Waals surface area (Å²) in [7, 11) is 0. The Morgan fingerprint density at radius 2 is 1.63 bits per heavy atom. The topological polar surface area (TPSA) is 84.2 Å². The third-order valence-electron chi connectivity index (χ3n) is 5.52. The molecule has 38 heavy (non-hydrogen) atoms. The van der Waals surface area contributed by atoms with E-state index in [9.17, 15) is 22.8 Å². The van der Waals surface area contributed by atoms with Crippen LogP contribution in [0.4, 0.5) is 13.2 Å². The predicted octanol–water partition coefficient (Wildman–Crippen LogP) is 6.30. The van der Waals surface area contributed by atoms with Crippen LogP contribution in [0.3, 0.4) is 0 Å². The van der Waals surface area contributed by atoms with Crippen molar-refractivity contribution in [2.24, 2.45) is 0 Å². The van der Waals surface area contributed by atoms with Crippen molar-refractivity contribution in [1.29, 1.82) is 0 Å². The lowest BCUT2D eigenvalue weighted by Gasteiger charge is -2.18. The maximum absolute atomic E-state index is 13.8. The third kappa shape index (κ3) is 5.34. The third-order valence-corrected chi connectivity index (χ3v) is 5.52. The molecule has 1 aromatic heterocycles. The Kier molecular flexibility index (Phi) is 6.54. The molecular formula is C28H19F3O7. The summed E-state index contributed by atoms with van der Waals surface area (Å²) in [6.45, 7) is 2.66. The molecule has 0 fully saturated rings. The molecule has 0 saturated carbocycles. The Labute approximate surface area is 213 Å². The molecule has 10 heteroatoms. The van der Waals surface area contributed by atoms with Gasteiger partial charge in [0.1, 0.15) is 30.3 Å². The van der Waals surface area contributed by atoms with Crippen LogP contribution >= 0.6 is 0 Å². The molecule has 194 valence electrons. The van der Waals surface area contributed by atoms with E-state index in [1.165, 1.54) is 30.3 Å². The van der Waals surface area contributed by atoms with Gasteiger partial charge in [-0.15, -0.1) is 0 Å². The number of esters is 1. The zero-order valence-electron chi connectivity index (χ0n) is 19.8. The van der Waals surface area contributed by atoms with E-state index in [-0.39, 0.29) is 16.9 Å². The highest BCUT2D eigenvalue weighted by Gasteiger charge is 2.40. The van der Waals surface area contributed by atoms with Crippen molar-refractivity contribution in [3.63, 3.8) is 0 Å². The lowest BCUT2D eigenvalue weighted by Crippen LogP contribution is -2.15. The summed E-state index contributed by atoms with van der Waals surface area (Å²) in [5, 5.41) is -0.174. The first-order valence-electron chi connectivity index (χ1n) is 11.4. The van der Waals surface area contributed by atoms with Crippen molar-refractivity contribution in [3.05, 3.63) is 93.9 Å². The van der Waals surface area contributed by atoms with Gasteiger partial charge in [-0.25, -0.2) is 4.79 Å². The van der Waals surface area contributed by atoms with Crippen LogP contribution in [-0.4, -0.2) is 19.2 Å². The summed E-state index contributed by atoms with van der Waals surface area (Å²) >= 11 is 0. The summed E-state index contributed by atoms with van der Waals surface area (Å²) in [5.41, 5.74) is 0.0732. The van der Waals surface area contributed by atoms with Gasteiger partial charge in [0, 0.05) is 12.1 Å². The molecule has 0 radical (unpaired) electrons. The minimum Gasteiger partial charge on any atom is -0.486 e. The van der Waals surface area contributed by atoms with Crippen LogP contribution in [0.1, 0.15) is 16.9 Å². The van der Waals surface area contributed by atoms with Crippen LogP contribution in [0.2, 0.25) is 0 Å². The van der Waals surface area contributed by atoms with Crippen molar-refractivity contribution in [1.82, 2.24) is 0 Å². The predicted molar refractivity (Wildman–Crippen MR) is 131 cm³/mol. The summed E-state index contributed by atoms with van der Waals surface area (Å²) in [5.74, 6) is -2.31. The Balaban J connectivity index is 1.40. The molecule has 3 aromatic carbocycles. The van der Waals surface area contributed by atoms with Crippen LogP contribution < -0.4 is 24.4 Å². The van der Waals surface area contributed by atoms with E-state index in [1.54, 1.807) is 37.3 Å². The fourth-order valence-corrected chi connectivity index (χ4v) is 3.70. The minimum atomic E-state index is -5.02. The lowest BCUT2D eigenvalue weighted by atomic mass is 10.2. The fraction of sp³-hybridized carbons (Fsp3) is 0.143. The van der Waals surface area contributed by atoms with E-state index < -0.39 is 34.7 Å². The second kappa shape index (κ2) is 9.97. The van der Waals surface area contributed by atoms with Gasteiger partial charge in [0.2, 0.25) is 11.2 Å². The molecule has 0 atom stereocenters. The van der Waals surface area contributed by atoms with Crippen LogP contribution in [0, 0.1) is 6.92 Å². The summed E-state index contributed by atoms with van der Waals surface area (Å²) in [6.07, 6.45) is -2.39. The van der Waals surface area contributed by atoms with Crippen LogP contribution in [-0.2, 0) is 11.0 Å². The Hall–Kier alpha value is -4.73. The SMILES string of the molecule is Cc1ccc(Oc2c(C(F)(F)F)oc3cc(OC(=O)C=Cc4ccc5c(c4)OCCO5)ccc3c2=O)cc1. The molecule has 5 rings (SSSR count). The number of aryl methyl sites for hydroxylation is 1. The Morgan fingerprint density at radius 1 is 0.921 bits per heavy atom. The number of hydrogen-bond acceptors (Lipinski definition) is 7. The van der Waals surface area contributed by atoms with E-state index in [4.69, 9.17) is 23.4 Å². The van der Waals surface area contributed by atoms with Gasteiger partial charge in [-0.3, -0.25) is 4.79 Å². The van der Waals surface area contributed by atoms with E-state index in [0.29, 0.717) is 30.3 Å². The second-order valence-electron chi connectivity index (χ2n) is 8.32. The number of carbonyl (C=O) groups excluding carboxylic acids is 1. The van der Waals surface area contributed by atoms with Gasteiger partial charge >= 0.3 is 12.1 Å². The van der Waals surface area contributed by atoms with E-state index in [2.05, 4.69) is 0 Å². The molecule has 2 heterocycles. The number of benzene rings is 3. The molecule has 0 unspecified atom stereocenters. The number of carbonyl (C=O) groups is 1. The largest absolute Gasteiger partial charge is 0.486 e. The minimum absolute atomic E-state index is 0.0445. The molecule has 0 aliphatic carbocycles. The molecule has 0 spiro atoms. The molecule has 1 aliphatic rings. The van der Waals surface area contributed by atoms with E-state index >= 15 is 0 Å². The Morgan fingerprint density at radius 3 is 2.37 bits per heavy atom. The number of halogens is 3. The summed E-state index contributed by atoms with van der Waals surface area (Å²) < 4.78 is 67.8. The van der Waals surface area contributed by atoms with Crippen LogP contribution in [0.5, 0.6) is 28.7 Å². The highest BCUT2D eigenvalue weighted by Crippen LogP contribution is 2.38. The fourth-order valence-electron chi connectivity index (χ4n) is 3.70. The number of fused-ring (bicyclic) bond motifs is 2. The average molecular weight is 524 g/mol. The first-order valence-corrected chi connectivity index (χ1v) is 11.4. The van der Waals surface area contributed by atoms with Crippen molar-refractivity contribution < 1.29 is 41.3 Å². The lowest BCUT2D eigenvalue weighted by molar-refractivity contribution is -0.154. The standard InChI is InChI=1S/C28H19F3O7/c1-16-2-6-18(7-3-16)37-26-25(33)20-9-8-19(15-22(20)38-27(26)28(29,30)31)36-24(32)11-5-17-4-10-21-23(14-17)35-13-12-34-21/h2-11,14-15H,12-13H2,1H3. The molecule has 0 amide bonds. The molecule has 7 nitrogen and oxygen atoms in total. The monoisotopic (exact) mass is 524 g/mol. The highest BCUT2D eigenvalue weighted by atomic mass is 19.4. The van der Waals surface area contributed by atoms with Gasteiger partial charge in [0.05, 0.1) is 5.39 Å². The zero-order chi connectivity index (χ0) is 26.9. The normalized spacial score (nSPS) is 13.1. The molecule has 4 aromatic rings. The maximum Gasteiger partial charge on any atom is 0.453 e. The number of ether oxygens (including phenoxy) is 4. The van der Waals surface area contributed by atoms with Crippen molar-refractivity contribution >= 4 is 23.0 Å². The van der Waals surface area contributed by atoms with E-state index in [0.717, 1.165) is 17.7 Å². The summed E-state index contributed by atoms with van der Waals surface area (Å²) in [6, 6.07) is 14.8. The Bertz CT molecular complexity index is 1600. The van der Waals surface area contributed by atoms with Gasteiger partial charge in [0.25, 0.3) is 5.76 Å². The van der Waals surface area contributed by atoms with Gasteiger partial charge in [-0.05, 0) is 55.0 Å². The summed E-state index contributed by atoms with van der Waals surface area (Å²) in [4.78, 5) is 25.3. The smallest absolute Gasteiger partial charge is 0.453 e. The quantitative estimate of drug-likeness (QED) is 0.172.